The number of urea groups is 1. The number of aromatic carboxylic acids is 1. The quantitative estimate of drug-likeness (QED) is 0.807. The largest absolute Gasteiger partial charge is 0.478 e. The van der Waals surface area contributed by atoms with E-state index in [-0.39, 0.29) is 17.8 Å². The number of benzene rings is 1. The van der Waals surface area contributed by atoms with Crippen LogP contribution in [0.5, 0.6) is 0 Å². The van der Waals surface area contributed by atoms with E-state index in [2.05, 4.69) is 15.6 Å². The summed E-state index contributed by atoms with van der Waals surface area (Å²) in [7, 11) is 0. The maximum atomic E-state index is 13.0. The van der Waals surface area contributed by atoms with Crippen molar-refractivity contribution in [3.63, 3.8) is 0 Å². The van der Waals surface area contributed by atoms with Gasteiger partial charge in [0.2, 0.25) is 0 Å². The van der Waals surface area contributed by atoms with Gasteiger partial charge in [0.05, 0.1) is 17.8 Å². The highest BCUT2D eigenvalue weighted by Crippen LogP contribution is 2.17. The molecule has 1 aromatic carbocycles. The highest BCUT2D eigenvalue weighted by atomic mass is 32.1. The van der Waals surface area contributed by atoms with Crippen LogP contribution in [0.2, 0.25) is 0 Å². The van der Waals surface area contributed by atoms with Crippen molar-refractivity contribution in [3.8, 4) is 0 Å². The van der Waals surface area contributed by atoms with Gasteiger partial charge in [0, 0.05) is 11.6 Å². The summed E-state index contributed by atoms with van der Waals surface area (Å²) in [6, 6.07) is 2.53. The van der Waals surface area contributed by atoms with Crippen LogP contribution in [0.1, 0.15) is 15.4 Å². The third kappa shape index (κ3) is 3.51. The fourth-order valence-electron chi connectivity index (χ4n) is 1.47. The van der Waals surface area contributed by atoms with E-state index in [1.807, 2.05) is 0 Å². The molecule has 0 fully saturated rings. The Morgan fingerprint density at radius 1 is 1.40 bits per heavy atom. The molecule has 0 bridgehead atoms. The van der Waals surface area contributed by atoms with Gasteiger partial charge in [0.1, 0.15) is 10.8 Å². The molecule has 2 amide bonds. The van der Waals surface area contributed by atoms with Gasteiger partial charge in [-0.05, 0) is 18.2 Å². The Balaban J connectivity index is 2.02. The number of nitrogens with one attached hydrogen (secondary N) is 2. The summed E-state index contributed by atoms with van der Waals surface area (Å²) < 4.78 is 13.0. The standard InChI is InChI=1S/C12H10FN3O3S/c13-7-1-2-9(8(5-7)11(17)18)16-12(19)15-6-10-14-3-4-20-10/h1-5H,6H2,(H,17,18)(H2,15,16,19). The maximum Gasteiger partial charge on any atom is 0.337 e. The third-order valence-corrected chi connectivity index (χ3v) is 3.12. The number of aromatic nitrogens is 1. The van der Waals surface area contributed by atoms with Gasteiger partial charge in [-0.1, -0.05) is 0 Å². The molecule has 0 radical (unpaired) electrons. The number of amides is 2. The molecule has 0 spiro atoms. The van der Waals surface area contributed by atoms with Crippen LogP contribution in [0.4, 0.5) is 14.9 Å². The van der Waals surface area contributed by atoms with Gasteiger partial charge in [-0.3, -0.25) is 0 Å². The Hall–Kier alpha value is -2.48. The Labute approximate surface area is 117 Å². The first-order valence-electron chi connectivity index (χ1n) is 5.52. The Morgan fingerprint density at radius 2 is 2.20 bits per heavy atom. The molecule has 2 aromatic rings. The van der Waals surface area contributed by atoms with Crippen molar-refractivity contribution in [3.05, 3.63) is 46.2 Å². The van der Waals surface area contributed by atoms with Crippen LogP contribution in [-0.2, 0) is 6.54 Å². The maximum absolute atomic E-state index is 13.0. The van der Waals surface area contributed by atoms with E-state index in [4.69, 9.17) is 5.11 Å². The van der Waals surface area contributed by atoms with E-state index in [9.17, 15) is 14.0 Å². The molecule has 0 aliphatic heterocycles. The predicted octanol–water partition coefficient (Wildman–Crippen LogP) is 2.30. The van der Waals surface area contributed by atoms with Gasteiger partial charge in [0.15, 0.2) is 0 Å². The lowest BCUT2D eigenvalue weighted by Crippen LogP contribution is -2.28. The Bertz CT molecular complexity index is 631. The Kier molecular flexibility index (Phi) is 4.26. The number of hydrogen-bond acceptors (Lipinski definition) is 4. The normalized spacial score (nSPS) is 10.1. The topological polar surface area (TPSA) is 91.3 Å². The molecule has 1 aromatic heterocycles. The third-order valence-electron chi connectivity index (χ3n) is 2.34. The molecule has 0 unspecified atom stereocenters. The zero-order valence-corrected chi connectivity index (χ0v) is 10.9. The van der Waals surface area contributed by atoms with Crippen LogP contribution in [0.3, 0.4) is 0 Å². The molecule has 0 aliphatic rings. The van der Waals surface area contributed by atoms with Crippen molar-refractivity contribution in [2.45, 2.75) is 6.54 Å². The summed E-state index contributed by atoms with van der Waals surface area (Å²) in [6.07, 6.45) is 1.61. The second-order valence-corrected chi connectivity index (χ2v) is 4.71. The summed E-state index contributed by atoms with van der Waals surface area (Å²) in [6.45, 7) is 0.229. The molecule has 0 saturated heterocycles. The molecule has 20 heavy (non-hydrogen) atoms. The number of nitrogens with zero attached hydrogens (tertiary/aromatic N) is 1. The SMILES string of the molecule is O=C(NCc1nccs1)Nc1ccc(F)cc1C(=O)O. The van der Waals surface area contributed by atoms with Gasteiger partial charge >= 0.3 is 12.0 Å². The summed E-state index contributed by atoms with van der Waals surface area (Å²) in [5.41, 5.74) is -0.287. The first-order chi connectivity index (χ1) is 9.56. The number of hydrogen-bond donors (Lipinski definition) is 3. The summed E-state index contributed by atoms with van der Waals surface area (Å²) in [5, 5.41) is 16.3. The number of anilines is 1. The molecule has 0 aliphatic carbocycles. The van der Waals surface area contributed by atoms with E-state index in [1.54, 1.807) is 11.6 Å². The molecule has 104 valence electrons. The predicted molar refractivity (Wildman–Crippen MR) is 71.3 cm³/mol. The first kappa shape index (κ1) is 13.9. The van der Waals surface area contributed by atoms with Crippen molar-refractivity contribution in [1.29, 1.82) is 0 Å². The molecule has 8 heteroatoms. The van der Waals surface area contributed by atoms with Gasteiger partial charge in [-0.25, -0.2) is 19.0 Å². The molecule has 6 nitrogen and oxygen atoms in total. The second-order valence-electron chi connectivity index (χ2n) is 3.73. The summed E-state index contributed by atoms with van der Waals surface area (Å²) >= 11 is 1.38. The zero-order chi connectivity index (χ0) is 14.5. The van der Waals surface area contributed by atoms with Crippen LogP contribution >= 0.6 is 11.3 Å². The van der Waals surface area contributed by atoms with E-state index >= 15 is 0 Å². The van der Waals surface area contributed by atoms with Crippen LogP contribution < -0.4 is 10.6 Å². The fourth-order valence-corrected chi connectivity index (χ4v) is 2.02. The van der Waals surface area contributed by atoms with E-state index < -0.39 is 17.8 Å². The van der Waals surface area contributed by atoms with Crippen molar-refractivity contribution < 1.29 is 19.1 Å². The summed E-state index contributed by atoms with van der Waals surface area (Å²) in [5.74, 6) is -2.00. The van der Waals surface area contributed by atoms with E-state index in [0.717, 1.165) is 17.1 Å². The van der Waals surface area contributed by atoms with Crippen molar-refractivity contribution in [2.75, 3.05) is 5.32 Å². The van der Waals surface area contributed by atoms with Crippen molar-refractivity contribution >= 4 is 29.0 Å². The van der Waals surface area contributed by atoms with Gasteiger partial charge in [0.25, 0.3) is 0 Å². The smallest absolute Gasteiger partial charge is 0.337 e. The average molecular weight is 295 g/mol. The molecular formula is C12H10FN3O3S. The van der Waals surface area contributed by atoms with Crippen LogP contribution in [0.25, 0.3) is 0 Å². The van der Waals surface area contributed by atoms with E-state index in [0.29, 0.717) is 0 Å². The number of carboxylic acid groups (broad SMARTS) is 1. The lowest BCUT2D eigenvalue weighted by molar-refractivity contribution is 0.0697. The van der Waals surface area contributed by atoms with Crippen molar-refractivity contribution in [1.82, 2.24) is 10.3 Å². The molecule has 0 atom stereocenters. The number of carbonyl (C=O) groups is 2. The molecule has 3 N–H and O–H groups in total. The minimum Gasteiger partial charge on any atom is -0.478 e. The minimum absolute atomic E-state index is 0.0236. The zero-order valence-electron chi connectivity index (χ0n) is 10.1. The highest BCUT2D eigenvalue weighted by molar-refractivity contribution is 7.09. The molecule has 2 rings (SSSR count). The number of thiazole rings is 1. The van der Waals surface area contributed by atoms with Crippen LogP contribution in [-0.4, -0.2) is 22.1 Å². The van der Waals surface area contributed by atoms with Gasteiger partial charge < -0.3 is 15.7 Å². The highest BCUT2D eigenvalue weighted by Gasteiger charge is 2.13. The fraction of sp³-hybridized carbons (Fsp3) is 0.0833. The Morgan fingerprint density at radius 3 is 2.85 bits per heavy atom. The minimum atomic E-state index is -1.32. The second kappa shape index (κ2) is 6.11. The lowest BCUT2D eigenvalue weighted by atomic mass is 10.2. The summed E-state index contributed by atoms with van der Waals surface area (Å²) in [4.78, 5) is 26.6. The number of rotatable bonds is 4. The van der Waals surface area contributed by atoms with Crippen LogP contribution in [0, 0.1) is 5.82 Å². The number of carbonyl (C=O) groups excluding carboxylic acids is 1. The molecular weight excluding hydrogens is 285 g/mol. The van der Waals surface area contributed by atoms with Gasteiger partial charge in [-0.15, -0.1) is 11.3 Å². The van der Waals surface area contributed by atoms with Crippen molar-refractivity contribution in [2.24, 2.45) is 0 Å². The number of halogens is 1. The monoisotopic (exact) mass is 295 g/mol. The lowest BCUT2D eigenvalue weighted by Gasteiger charge is -2.09. The van der Waals surface area contributed by atoms with E-state index in [1.165, 1.54) is 17.4 Å². The average Bonchev–Trinajstić information content (AvgIpc) is 2.91. The first-order valence-corrected chi connectivity index (χ1v) is 6.40. The molecule has 0 saturated carbocycles. The molecule has 1 heterocycles. The van der Waals surface area contributed by atoms with Gasteiger partial charge in [-0.2, -0.15) is 0 Å². The number of carboxylic acids is 1. The van der Waals surface area contributed by atoms with Crippen LogP contribution in [0.15, 0.2) is 29.8 Å².